The predicted octanol–water partition coefficient (Wildman–Crippen LogP) is 26.2. The van der Waals surface area contributed by atoms with Crippen molar-refractivity contribution < 1.29 is 0 Å². The van der Waals surface area contributed by atoms with E-state index in [9.17, 15) is 0 Å². The second-order valence-corrected chi connectivity index (χ2v) is 27.9. The quantitative estimate of drug-likeness (QED) is 0.151. The first-order valence-electron chi connectivity index (χ1n) is 31.2. The highest BCUT2D eigenvalue weighted by Gasteiger charge is 2.23. The molecular weight excluding hydrogens is 1190 g/mol. The third-order valence-corrected chi connectivity index (χ3v) is 23.4. The number of para-hydroxylation sites is 4. The summed E-state index contributed by atoms with van der Waals surface area (Å²) in [4.78, 5) is 0. The lowest BCUT2D eigenvalue weighted by Gasteiger charge is -2.11. The van der Waals surface area contributed by atoms with E-state index in [1.54, 1.807) is 0 Å². The first-order valence-corrected chi connectivity index (χ1v) is 34.5. The van der Waals surface area contributed by atoms with Crippen LogP contribution in [0, 0.1) is 0 Å². The van der Waals surface area contributed by atoms with Crippen LogP contribution in [0.1, 0.15) is 0 Å². The first-order chi connectivity index (χ1) is 45.7. The Balaban J connectivity index is 0.000000132. The Bertz CT molecular complexity index is 6280. The molecule has 2 nitrogen and oxygen atoms in total. The number of fused-ring (bicyclic) bond motifs is 18. The largest absolute Gasteiger partial charge is 0.308 e. The van der Waals surface area contributed by atoms with Gasteiger partial charge in [-0.2, -0.15) is 0 Å². The summed E-state index contributed by atoms with van der Waals surface area (Å²) in [6.07, 6.45) is 0. The minimum absolute atomic E-state index is 1.19. The Morgan fingerprint density at radius 1 is 0.196 bits per heavy atom. The van der Waals surface area contributed by atoms with Crippen LogP contribution in [0.4, 0.5) is 0 Å². The van der Waals surface area contributed by atoms with Gasteiger partial charge < -0.3 is 9.13 Å². The van der Waals surface area contributed by atoms with E-state index in [2.05, 4.69) is 325 Å². The molecule has 0 unspecified atom stereocenters. The number of hydrogen-bond donors (Lipinski definition) is 0. The lowest BCUT2D eigenvalue weighted by atomic mass is 9.95. The smallest absolute Gasteiger partial charge is 0.0734 e. The molecule has 0 spiro atoms. The molecule has 6 aromatic heterocycles. The Kier molecular flexibility index (Phi) is 12.4. The monoisotopic (exact) mass is 1240 g/mol. The van der Waals surface area contributed by atoms with Crippen LogP contribution in [0.25, 0.3) is 181 Å². The Labute approximate surface area is 546 Å². The van der Waals surface area contributed by atoms with Crippen molar-refractivity contribution in [2.75, 3.05) is 0 Å². The summed E-state index contributed by atoms with van der Waals surface area (Å²) < 4.78 is 15.6. The Morgan fingerprint density at radius 3 is 1.02 bits per heavy atom. The summed E-state index contributed by atoms with van der Waals surface area (Å²) >= 11 is 7.60. The molecule has 0 aliphatic heterocycles. The SMILES string of the molecule is c1ccc(-c2cccc3c2sc2cccc(-c4ccc(-c5cccc6sc7c8ccccc8n(-c8ccccc8)c7c56)cc4)c23)cc1.c1ccc(-n2c3ccccc3c3sc4cccc(-c5ccc(-c6cccc7sc8c9ccccc9ccc8c67)cc5)c4c32)cc1. The molecule has 14 aromatic carbocycles. The van der Waals surface area contributed by atoms with Gasteiger partial charge in [-0.05, 0) is 127 Å². The van der Waals surface area contributed by atoms with Crippen molar-refractivity contribution in [2.45, 2.75) is 0 Å². The molecule has 0 bridgehead atoms. The molecule has 92 heavy (non-hydrogen) atoms. The Hall–Kier alpha value is -10.7. The summed E-state index contributed by atoms with van der Waals surface area (Å²) in [6, 6.07) is 115. The van der Waals surface area contributed by atoms with Crippen molar-refractivity contribution in [3.63, 3.8) is 0 Å². The van der Waals surface area contributed by atoms with Crippen LogP contribution in [-0.2, 0) is 0 Å². The number of aromatic nitrogens is 2. The van der Waals surface area contributed by atoms with E-state index in [1.165, 1.54) is 181 Å². The molecular formula is C86H52N2S4. The minimum atomic E-state index is 1.19. The zero-order valence-electron chi connectivity index (χ0n) is 49.5. The molecule has 0 fully saturated rings. The summed E-state index contributed by atoms with van der Waals surface area (Å²) in [6.45, 7) is 0. The molecule has 0 N–H and O–H groups in total. The maximum Gasteiger partial charge on any atom is 0.0734 e. The van der Waals surface area contributed by atoms with Crippen molar-refractivity contribution in [2.24, 2.45) is 0 Å². The molecule has 0 saturated carbocycles. The van der Waals surface area contributed by atoms with Crippen LogP contribution in [0.3, 0.4) is 0 Å². The topological polar surface area (TPSA) is 9.86 Å². The van der Waals surface area contributed by atoms with Crippen molar-refractivity contribution in [3.05, 3.63) is 315 Å². The lowest BCUT2D eigenvalue weighted by Crippen LogP contribution is -1.93. The van der Waals surface area contributed by atoms with Gasteiger partial charge in [0.05, 0.1) is 31.5 Å². The van der Waals surface area contributed by atoms with Gasteiger partial charge in [-0.15, -0.1) is 45.3 Å². The van der Waals surface area contributed by atoms with Crippen LogP contribution in [-0.4, -0.2) is 9.13 Å². The molecule has 0 amide bonds. The third-order valence-electron chi connectivity index (χ3n) is 18.6. The van der Waals surface area contributed by atoms with E-state index in [4.69, 9.17) is 0 Å². The standard InChI is InChI=1S/C44H27NS2.C42H25NS2/c1-3-12-28(13-4-1)34-19-9-20-36-40-32(17-10-22-38(40)46-43(34)36)29-24-26-30(27-25-29)33-18-11-23-39-41(33)42-44(47-39)35-16-7-8-21-37(35)45(42)31-14-5-2-6-15-31;1-2-11-29(12-3-1)43-35-17-7-6-14-33(35)42-40(43)39-31(16-9-19-37(39)45-42)28-22-20-27(21-23-28)30-15-8-18-36-38(30)34-25-24-26-10-4-5-13-32(26)41(34)44-36/h1-27H;1-25H. The van der Waals surface area contributed by atoms with Gasteiger partial charge in [0.2, 0.25) is 0 Å². The van der Waals surface area contributed by atoms with E-state index in [-0.39, 0.29) is 0 Å². The zero-order chi connectivity index (χ0) is 60.4. The molecule has 6 heteroatoms. The van der Waals surface area contributed by atoms with Crippen molar-refractivity contribution in [1.82, 2.24) is 9.13 Å². The van der Waals surface area contributed by atoms with Gasteiger partial charge >= 0.3 is 0 Å². The van der Waals surface area contributed by atoms with Gasteiger partial charge in [0, 0.05) is 82.7 Å². The lowest BCUT2D eigenvalue weighted by molar-refractivity contribution is 1.19. The fourth-order valence-corrected chi connectivity index (χ4v) is 19.6. The number of rotatable bonds is 7. The number of hydrogen-bond acceptors (Lipinski definition) is 4. The molecule has 0 atom stereocenters. The van der Waals surface area contributed by atoms with Crippen LogP contribution >= 0.6 is 45.3 Å². The van der Waals surface area contributed by atoms with Gasteiger partial charge in [0.1, 0.15) is 0 Å². The highest BCUT2D eigenvalue weighted by molar-refractivity contribution is 7.28. The van der Waals surface area contributed by atoms with Crippen molar-refractivity contribution in [3.8, 4) is 67.0 Å². The maximum absolute atomic E-state index is 2.45. The van der Waals surface area contributed by atoms with E-state index in [0.29, 0.717) is 0 Å². The number of nitrogens with zero attached hydrogens (tertiary/aromatic N) is 2. The van der Waals surface area contributed by atoms with Crippen molar-refractivity contribution >= 4 is 159 Å². The highest BCUT2D eigenvalue weighted by atomic mass is 32.1. The van der Waals surface area contributed by atoms with E-state index >= 15 is 0 Å². The zero-order valence-corrected chi connectivity index (χ0v) is 52.8. The van der Waals surface area contributed by atoms with Crippen molar-refractivity contribution in [1.29, 1.82) is 0 Å². The van der Waals surface area contributed by atoms with E-state index in [0.717, 1.165) is 0 Å². The van der Waals surface area contributed by atoms with Crippen LogP contribution < -0.4 is 0 Å². The van der Waals surface area contributed by atoms with E-state index < -0.39 is 0 Å². The number of thiophene rings is 4. The second kappa shape index (κ2) is 21.5. The second-order valence-electron chi connectivity index (χ2n) is 23.7. The third kappa shape index (κ3) is 8.35. The average Bonchev–Trinajstić information content (AvgIpc) is 1.58. The summed E-state index contributed by atoms with van der Waals surface area (Å²) in [5, 5.41) is 13.2. The first kappa shape index (κ1) is 53.2. The fourth-order valence-electron chi connectivity index (χ4n) is 14.6. The molecule has 20 rings (SSSR count). The molecule has 0 saturated heterocycles. The maximum atomic E-state index is 2.45. The molecule has 20 aromatic rings. The van der Waals surface area contributed by atoms with Crippen LogP contribution in [0.15, 0.2) is 315 Å². The molecule has 0 radical (unpaired) electrons. The van der Waals surface area contributed by atoms with Gasteiger partial charge in [0.15, 0.2) is 0 Å². The molecule has 430 valence electrons. The Morgan fingerprint density at radius 2 is 0.533 bits per heavy atom. The highest BCUT2D eigenvalue weighted by Crippen LogP contribution is 2.50. The fraction of sp³-hybridized carbons (Fsp3) is 0. The van der Waals surface area contributed by atoms with Gasteiger partial charge in [-0.25, -0.2) is 0 Å². The average molecular weight is 1240 g/mol. The van der Waals surface area contributed by atoms with Gasteiger partial charge in [0.25, 0.3) is 0 Å². The van der Waals surface area contributed by atoms with Crippen LogP contribution in [0.2, 0.25) is 0 Å². The summed E-state index contributed by atoms with van der Waals surface area (Å²) in [5.41, 5.74) is 20.1. The molecule has 0 aliphatic rings. The summed E-state index contributed by atoms with van der Waals surface area (Å²) in [7, 11) is 0. The molecule has 6 heterocycles. The number of benzene rings is 14. The van der Waals surface area contributed by atoms with Gasteiger partial charge in [-0.1, -0.05) is 255 Å². The predicted molar refractivity (Wildman–Crippen MR) is 403 cm³/mol. The van der Waals surface area contributed by atoms with E-state index in [1.807, 2.05) is 45.3 Å². The summed E-state index contributed by atoms with van der Waals surface area (Å²) in [5.74, 6) is 0. The van der Waals surface area contributed by atoms with Gasteiger partial charge in [-0.3, -0.25) is 0 Å². The minimum Gasteiger partial charge on any atom is -0.308 e. The normalized spacial score (nSPS) is 11.9. The molecule has 0 aliphatic carbocycles. The van der Waals surface area contributed by atoms with Crippen LogP contribution in [0.5, 0.6) is 0 Å².